The highest BCUT2D eigenvalue weighted by molar-refractivity contribution is 7.22. The van der Waals surface area contributed by atoms with Gasteiger partial charge in [0.2, 0.25) is 5.91 Å². The van der Waals surface area contributed by atoms with Gasteiger partial charge in [0.25, 0.3) is 0 Å². The van der Waals surface area contributed by atoms with Gasteiger partial charge in [-0.2, -0.15) is 0 Å². The van der Waals surface area contributed by atoms with E-state index in [1.54, 1.807) is 11.3 Å². The van der Waals surface area contributed by atoms with Crippen LogP contribution in [0.1, 0.15) is 18.0 Å². The van der Waals surface area contributed by atoms with Crippen molar-refractivity contribution >= 4 is 32.6 Å². The Kier molecular flexibility index (Phi) is 3.71. The molecule has 4 rings (SSSR count). The maximum absolute atomic E-state index is 12.1. The Labute approximate surface area is 138 Å². The molecule has 1 aliphatic rings. The second kappa shape index (κ2) is 6.01. The highest BCUT2D eigenvalue weighted by Crippen LogP contribution is 2.35. The number of carbonyl (C=O) groups excluding carboxylic acids is 1. The minimum absolute atomic E-state index is 0.0271. The zero-order valence-corrected chi connectivity index (χ0v) is 13.4. The van der Waals surface area contributed by atoms with Crippen LogP contribution in [0.4, 0.5) is 5.13 Å². The number of hydrogen-bond donors (Lipinski definition) is 1. The van der Waals surface area contributed by atoms with Crippen LogP contribution in [-0.4, -0.2) is 24.0 Å². The number of amides is 1. The Hall–Kier alpha value is -2.40. The number of carbonyl (C=O) groups is 1. The molecule has 4 nitrogen and oxygen atoms in total. The molecule has 2 aromatic carbocycles. The second-order valence-corrected chi connectivity index (χ2v) is 6.65. The summed E-state index contributed by atoms with van der Waals surface area (Å²) in [6.07, 6.45) is 0.458. The molecule has 0 aliphatic carbocycles. The summed E-state index contributed by atoms with van der Waals surface area (Å²) in [7, 11) is 0. The molecule has 1 N–H and O–H groups in total. The van der Waals surface area contributed by atoms with Gasteiger partial charge in [-0.05, 0) is 17.7 Å². The fraction of sp³-hybridized carbons (Fsp3) is 0.222. The van der Waals surface area contributed by atoms with Crippen molar-refractivity contribution in [2.45, 2.75) is 12.5 Å². The van der Waals surface area contributed by atoms with Crippen LogP contribution < -0.4 is 10.2 Å². The van der Waals surface area contributed by atoms with Crippen LogP contribution in [0.3, 0.4) is 0 Å². The lowest BCUT2D eigenvalue weighted by atomic mass is 10.0. The van der Waals surface area contributed by atoms with Crippen LogP contribution in [0, 0.1) is 0 Å². The number of thiazole rings is 1. The molecule has 0 bridgehead atoms. The summed E-state index contributed by atoms with van der Waals surface area (Å²) in [6, 6.07) is 18.4. The maximum atomic E-state index is 12.1. The average Bonchev–Trinajstić information content (AvgIpc) is 2.92. The first kappa shape index (κ1) is 14.2. The van der Waals surface area contributed by atoms with E-state index in [2.05, 4.69) is 28.4 Å². The monoisotopic (exact) mass is 323 g/mol. The molecule has 3 aromatic rings. The number of hydrogen-bond acceptors (Lipinski definition) is 4. The third-order valence-corrected chi connectivity index (χ3v) is 5.22. The molecular formula is C18H17N3OS. The Morgan fingerprint density at radius 1 is 1.09 bits per heavy atom. The smallest absolute Gasteiger partial charge is 0.222 e. The van der Waals surface area contributed by atoms with Crippen LogP contribution in [0.15, 0.2) is 54.6 Å². The number of benzene rings is 2. The lowest BCUT2D eigenvalue weighted by Crippen LogP contribution is -2.30. The lowest BCUT2D eigenvalue weighted by molar-refractivity contribution is -0.121. The number of anilines is 1. The molecule has 1 amide bonds. The fourth-order valence-electron chi connectivity index (χ4n) is 3.01. The summed E-state index contributed by atoms with van der Waals surface area (Å²) in [5.41, 5.74) is 2.17. The molecule has 0 radical (unpaired) electrons. The van der Waals surface area contributed by atoms with E-state index in [1.165, 1.54) is 4.70 Å². The summed E-state index contributed by atoms with van der Waals surface area (Å²) in [4.78, 5) is 19.1. The van der Waals surface area contributed by atoms with Crippen molar-refractivity contribution in [1.29, 1.82) is 0 Å². The SMILES string of the molecule is O=C1C[C@@H](c2ccccc2)N(c2nc3ccccc3s2)CCN1. The zero-order chi connectivity index (χ0) is 15.6. The number of para-hydroxylation sites is 1. The topological polar surface area (TPSA) is 45.2 Å². The maximum Gasteiger partial charge on any atom is 0.222 e. The minimum atomic E-state index is 0.0271. The second-order valence-electron chi connectivity index (χ2n) is 5.64. The first-order chi connectivity index (χ1) is 11.3. The highest BCUT2D eigenvalue weighted by Gasteiger charge is 2.28. The molecular weight excluding hydrogens is 306 g/mol. The lowest BCUT2D eigenvalue weighted by Gasteiger charge is -2.29. The van der Waals surface area contributed by atoms with Crippen LogP contribution in [-0.2, 0) is 4.79 Å². The molecule has 5 heteroatoms. The largest absolute Gasteiger partial charge is 0.354 e. The van der Waals surface area contributed by atoms with E-state index in [-0.39, 0.29) is 11.9 Å². The van der Waals surface area contributed by atoms with Gasteiger partial charge >= 0.3 is 0 Å². The van der Waals surface area contributed by atoms with Crippen molar-refractivity contribution in [3.63, 3.8) is 0 Å². The summed E-state index contributed by atoms with van der Waals surface area (Å²) in [5.74, 6) is 0.0995. The first-order valence-electron chi connectivity index (χ1n) is 7.75. The van der Waals surface area contributed by atoms with Crippen LogP contribution in [0.2, 0.25) is 0 Å². The van der Waals surface area contributed by atoms with E-state index >= 15 is 0 Å². The van der Waals surface area contributed by atoms with E-state index in [0.29, 0.717) is 13.0 Å². The van der Waals surface area contributed by atoms with E-state index in [1.807, 2.05) is 36.4 Å². The van der Waals surface area contributed by atoms with E-state index in [4.69, 9.17) is 4.98 Å². The molecule has 1 aliphatic heterocycles. The first-order valence-corrected chi connectivity index (χ1v) is 8.57. The number of nitrogens with one attached hydrogen (secondary N) is 1. The molecule has 1 atom stereocenters. The minimum Gasteiger partial charge on any atom is -0.354 e. The van der Waals surface area contributed by atoms with Crippen LogP contribution in [0.25, 0.3) is 10.2 Å². The predicted molar refractivity (Wildman–Crippen MR) is 93.8 cm³/mol. The van der Waals surface area contributed by atoms with Gasteiger partial charge in [0.05, 0.1) is 22.7 Å². The molecule has 1 saturated heterocycles. The Bertz CT molecular complexity index is 797. The van der Waals surface area contributed by atoms with Gasteiger partial charge in [0, 0.05) is 13.1 Å². The fourth-order valence-corrected chi connectivity index (χ4v) is 4.06. The molecule has 2 heterocycles. The van der Waals surface area contributed by atoms with E-state index in [0.717, 1.165) is 22.8 Å². The van der Waals surface area contributed by atoms with Crippen molar-refractivity contribution < 1.29 is 4.79 Å². The number of aromatic nitrogens is 1. The van der Waals surface area contributed by atoms with E-state index < -0.39 is 0 Å². The Morgan fingerprint density at radius 2 is 1.87 bits per heavy atom. The van der Waals surface area contributed by atoms with Crippen molar-refractivity contribution in [3.05, 3.63) is 60.2 Å². The molecule has 1 fully saturated rings. The summed E-state index contributed by atoms with van der Waals surface area (Å²) >= 11 is 1.69. The molecule has 0 saturated carbocycles. The summed E-state index contributed by atoms with van der Waals surface area (Å²) < 4.78 is 1.18. The highest BCUT2D eigenvalue weighted by atomic mass is 32.1. The average molecular weight is 323 g/mol. The van der Waals surface area contributed by atoms with Gasteiger partial charge in [0.1, 0.15) is 0 Å². The quantitative estimate of drug-likeness (QED) is 0.786. The van der Waals surface area contributed by atoms with Crippen LogP contribution >= 0.6 is 11.3 Å². The van der Waals surface area contributed by atoms with Gasteiger partial charge in [-0.1, -0.05) is 53.8 Å². The molecule has 1 aromatic heterocycles. The van der Waals surface area contributed by atoms with Gasteiger partial charge in [-0.25, -0.2) is 4.98 Å². The Balaban J connectivity index is 1.77. The van der Waals surface area contributed by atoms with E-state index in [9.17, 15) is 4.79 Å². The standard InChI is InChI=1S/C18H17N3OS/c22-17-12-15(13-6-2-1-3-7-13)21(11-10-19-17)18-20-14-8-4-5-9-16(14)23-18/h1-9,15H,10-12H2,(H,19,22)/t15-/m0/s1. The van der Waals surface area contributed by atoms with Crippen molar-refractivity contribution in [3.8, 4) is 0 Å². The number of fused-ring (bicyclic) bond motifs is 1. The molecule has 0 spiro atoms. The number of rotatable bonds is 2. The summed E-state index contributed by atoms with van der Waals surface area (Å²) in [6.45, 7) is 1.42. The molecule has 116 valence electrons. The third-order valence-electron chi connectivity index (χ3n) is 4.14. The number of nitrogens with zero attached hydrogens (tertiary/aromatic N) is 2. The van der Waals surface area contributed by atoms with Crippen molar-refractivity contribution in [2.24, 2.45) is 0 Å². The van der Waals surface area contributed by atoms with Crippen molar-refractivity contribution in [2.75, 3.05) is 18.0 Å². The van der Waals surface area contributed by atoms with Crippen LogP contribution in [0.5, 0.6) is 0 Å². The zero-order valence-electron chi connectivity index (χ0n) is 12.6. The Morgan fingerprint density at radius 3 is 2.70 bits per heavy atom. The molecule has 23 heavy (non-hydrogen) atoms. The molecule has 0 unspecified atom stereocenters. The normalized spacial score (nSPS) is 18.7. The third kappa shape index (κ3) is 2.80. The van der Waals surface area contributed by atoms with Gasteiger partial charge in [0.15, 0.2) is 5.13 Å². The van der Waals surface area contributed by atoms with Gasteiger partial charge in [-0.15, -0.1) is 0 Å². The van der Waals surface area contributed by atoms with Gasteiger partial charge < -0.3 is 10.2 Å². The summed E-state index contributed by atoms with van der Waals surface area (Å²) in [5, 5.41) is 3.96. The van der Waals surface area contributed by atoms with Gasteiger partial charge in [-0.3, -0.25) is 4.79 Å². The predicted octanol–water partition coefficient (Wildman–Crippen LogP) is 3.36. The van der Waals surface area contributed by atoms with Crippen molar-refractivity contribution in [1.82, 2.24) is 10.3 Å².